The molecule has 0 bridgehead atoms. The molecule has 7 heteroatoms. The van der Waals surface area contributed by atoms with Gasteiger partial charge in [0.25, 0.3) is 5.69 Å². The zero-order valence-corrected chi connectivity index (χ0v) is 10.6. The highest BCUT2D eigenvalue weighted by atomic mass is 16.6. The second-order valence-electron chi connectivity index (χ2n) is 4.87. The van der Waals surface area contributed by atoms with Crippen LogP contribution in [-0.4, -0.2) is 29.6 Å². The van der Waals surface area contributed by atoms with Gasteiger partial charge in [0.15, 0.2) is 0 Å². The minimum Gasteiger partial charge on any atom is -0.331 e. The Hall–Kier alpha value is -2.15. The lowest BCUT2D eigenvalue weighted by Crippen LogP contribution is -2.49. The summed E-state index contributed by atoms with van der Waals surface area (Å²) in [6.45, 7) is 3.59. The van der Waals surface area contributed by atoms with E-state index in [9.17, 15) is 14.9 Å². The topological polar surface area (TPSA) is 96.3 Å². The standard InChI is InChI=1S/C12H16N4O3/c1-12(6-7-13-8-12)15-11(17)14-9-2-4-10(5-3-9)16(18)19/h2-5,13H,6-8H2,1H3,(H2,14,15,17). The fourth-order valence-electron chi connectivity index (χ4n) is 2.03. The molecule has 1 aromatic carbocycles. The SMILES string of the molecule is CC1(NC(=O)Nc2ccc([N+](=O)[O-])cc2)CCNC1. The number of rotatable bonds is 3. The highest BCUT2D eigenvalue weighted by Crippen LogP contribution is 2.16. The number of benzene rings is 1. The molecule has 2 amide bonds. The smallest absolute Gasteiger partial charge is 0.319 e. The lowest BCUT2D eigenvalue weighted by atomic mass is 10.0. The highest BCUT2D eigenvalue weighted by molar-refractivity contribution is 5.89. The first-order valence-corrected chi connectivity index (χ1v) is 6.03. The highest BCUT2D eigenvalue weighted by Gasteiger charge is 2.29. The van der Waals surface area contributed by atoms with Gasteiger partial charge >= 0.3 is 6.03 Å². The van der Waals surface area contributed by atoms with Crippen LogP contribution in [0.1, 0.15) is 13.3 Å². The van der Waals surface area contributed by atoms with Crippen molar-refractivity contribution < 1.29 is 9.72 Å². The molecule has 1 aliphatic heterocycles. The molecule has 1 atom stereocenters. The Morgan fingerprint density at radius 2 is 2.11 bits per heavy atom. The molecule has 1 unspecified atom stereocenters. The van der Waals surface area contributed by atoms with E-state index in [4.69, 9.17) is 0 Å². The number of hydrogen-bond donors (Lipinski definition) is 3. The number of hydrogen-bond acceptors (Lipinski definition) is 4. The Bertz CT molecular complexity index is 480. The Kier molecular flexibility index (Phi) is 3.66. The summed E-state index contributed by atoms with van der Waals surface area (Å²) in [5.74, 6) is 0. The molecule has 1 fully saturated rings. The van der Waals surface area contributed by atoms with Crippen molar-refractivity contribution in [2.45, 2.75) is 18.9 Å². The minimum absolute atomic E-state index is 0.00193. The zero-order chi connectivity index (χ0) is 13.9. The van der Waals surface area contributed by atoms with E-state index in [1.54, 1.807) is 0 Å². The molecule has 0 aliphatic carbocycles. The van der Waals surface area contributed by atoms with Crippen molar-refractivity contribution in [3.05, 3.63) is 34.4 Å². The number of carbonyl (C=O) groups is 1. The lowest BCUT2D eigenvalue weighted by Gasteiger charge is -2.24. The number of carbonyl (C=O) groups excluding carboxylic acids is 1. The third-order valence-corrected chi connectivity index (χ3v) is 3.12. The molecule has 0 spiro atoms. The van der Waals surface area contributed by atoms with Crippen LogP contribution in [0.2, 0.25) is 0 Å². The van der Waals surface area contributed by atoms with E-state index in [2.05, 4.69) is 16.0 Å². The van der Waals surface area contributed by atoms with Gasteiger partial charge in [-0.1, -0.05) is 0 Å². The van der Waals surface area contributed by atoms with Crippen LogP contribution in [0.25, 0.3) is 0 Å². The molecule has 0 aromatic heterocycles. The molecule has 1 aromatic rings. The number of nitro benzene ring substituents is 1. The number of amides is 2. The summed E-state index contributed by atoms with van der Waals surface area (Å²) in [4.78, 5) is 21.8. The van der Waals surface area contributed by atoms with E-state index < -0.39 is 4.92 Å². The van der Waals surface area contributed by atoms with Crippen LogP contribution in [-0.2, 0) is 0 Å². The number of anilines is 1. The quantitative estimate of drug-likeness (QED) is 0.569. The largest absolute Gasteiger partial charge is 0.331 e. The van der Waals surface area contributed by atoms with Crippen LogP contribution in [0, 0.1) is 10.1 Å². The maximum absolute atomic E-state index is 11.8. The molecule has 3 N–H and O–H groups in total. The van der Waals surface area contributed by atoms with Gasteiger partial charge < -0.3 is 16.0 Å². The molecule has 102 valence electrons. The second-order valence-corrected chi connectivity index (χ2v) is 4.87. The van der Waals surface area contributed by atoms with Crippen LogP contribution in [0.15, 0.2) is 24.3 Å². The third-order valence-electron chi connectivity index (χ3n) is 3.12. The summed E-state index contributed by atoms with van der Waals surface area (Å²) < 4.78 is 0. The Balaban J connectivity index is 1.93. The average Bonchev–Trinajstić information content (AvgIpc) is 2.76. The van der Waals surface area contributed by atoms with Gasteiger partial charge in [-0.05, 0) is 32.0 Å². The summed E-state index contributed by atoms with van der Waals surface area (Å²) in [5, 5.41) is 19.2. The first-order chi connectivity index (χ1) is 8.98. The molecule has 2 rings (SSSR count). The number of urea groups is 1. The van der Waals surface area contributed by atoms with Crippen molar-refractivity contribution in [2.75, 3.05) is 18.4 Å². The molecule has 1 saturated heterocycles. The Morgan fingerprint density at radius 1 is 1.42 bits per heavy atom. The monoisotopic (exact) mass is 264 g/mol. The van der Waals surface area contributed by atoms with Gasteiger partial charge in [0.1, 0.15) is 0 Å². The fraction of sp³-hybridized carbons (Fsp3) is 0.417. The van der Waals surface area contributed by atoms with E-state index in [1.165, 1.54) is 24.3 Å². The molecular weight excluding hydrogens is 248 g/mol. The number of nitrogens with zero attached hydrogens (tertiary/aromatic N) is 1. The maximum Gasteiger partial charge on any atom is 0.319 e. The summed E-state index contributed by atoms with van der Waals surface area (Å²) in [7, 11) is 0. The van der Waals surface area contributed by atoms with E-state index in [-0.39, 0.29) is 17.3 Å². The van der Waals surface area contributed by atoms with Crippen LogP contribution < -0.4 is 16.0 Å². The summed E-state index contributed by atoms with van der Waals surface area (Å²) in [6.07, 6.45) is 0.876. The van der Waals surface area contributed by atoms with E-state index in [0.29, 0.717) is 5.69 Å². The van der Waals surface area contributed by atoms with Crippen molar-refractivity contribution >= 4 is 17.4 Å². The van der Waals surface area contributed by atoms with Crippen LogP contribution in [0.3, 0.4) is 0 Å². The van der Waals surface area contributed by atoms with E-state index in [0.717, 1.165) is 19.5 Å². The van der Waals surface area contributed by atoms with E-state index >= 15 is 0 Å². The van der Waals surface area contributed by atoms with Gasteiger partial charge in [0, 0.05) is 24.4 Å². The number of nitrogens with one attached hydrogen (secondary N) is 3. The normalized spacial score (nSPS) is 21.9. The van der Waals surface area contributed by atoms with Gasteiger partial charge in [0.2, 0.25) is 0 Å². The van der Waals surface area contributed by atoms with Crippen molar-refractivity contribution in [2.24, 2.45) is 0 Å². The molecule has 0 radical (unpaired) electrons. The van der Waals surface area contributed by atoms with E-state index in [1.807, 2.05) is 6.92 Å². The molecule has 1 aliphatic rings. The van der Waals surface area contributed by atoms with Crippen molar-refractivity contribution in [1.82, 2.24) is 10.6 Å². The van der Waals surface area contributed by atoms with Gasteiger partial charge in [-0.15, -0.1) is 0 Å². The summed E-state index contributed by atoms with van der Waals surface area (Å²) >= 11 is 0. The van der Waals surface area contributed by atoms with Crippen LogP contribution >= 0.6 is 0 Å². The molecule has 7 nitrogen and oxygen atoms in total. The lowest BCUT2D eigenvalue weighted by molar-refractivity contribution is -0.384. The molecule has 1 heterocycles. The summed E-state index contributed by atoms with van der Waals surface area (Å²) in [5.41, 5.74) is 0.278. The van der Waals surface area contributed by atoms with Gasteiger partial charge in [-0.25, -0.2) is 4.79 Å². The first kappa shape index (κ1) is 13.3. The third kappa shape index (κ3) is 3.41. The predicted octanol–water partition coefficient (Wildman–Crippen LogP) is 1.47. The fourth-order valence-corrected chi connectivity index (χ4v) is 2.03. The first-order valence-electron chi connectivity index (χ1n) is 6.03. The van der Waals surface area contributed by atoms with Crippen molar-refractivity contribution in [3.63, 3.8) is 0 Å². The summed E-state index contributed by atoms with van der Waals surface area (Å²) in [6, 6.07) is 5.42. The average molecular weight is 264 g/mol. The molecular formula is C12H16N4O3. The maximum atomic E-state index is 11.8. The van der Waals surface area contributed by atoms with Crippen molar-refractivity contribution in [1.29, 1.82) is 0 Å². The number of non-ortho nitro benzene ring substituents is 1. The van der Waals surface area contributed by atoms with Crippen molar-refractivity contribution in [3.8, 4) is 0 Å². The second kappa shape index (κ2) is 5.23. The van der Waals surface area contributed by atoms with Crippen LogP contribution in [0.4, 0.5) is 16.2 Å². The number of nitro groups is 1. The molecule has 0 saturated carbocycles. The molecule has 19 heavy (non-hydrogen) atoms. The van der Waals surface area contributed by atoms with Gasteiger partial charge in [-0.3, -0.25) is 10.1 Å². The van der Waals surface area contributed by atoms with Gasteiger partial charge in [-0.2, -0.15) is 0 Å². The minimum atomic E-state index is -0.477. The predicted molar refractivity (Wildman–Crippen MR) is 71.1 cm³/mol. The zero-order valence-electron chi connectivity index (χ0n) is 10.6. The van der Waals surface area contributed by atoms with Crippen LogP contribution in [0.5, 0.6) is 0 Å². The van der Waals surface area contributed by atoms with Gasteiger partial charge in [0.05, 0.1) is 10.5 Å². The Labute approximate surface area is 110 Å². The Morgan fingerprint density at radius 3 is 2.63 bits per heavy atom.